The van der Waals surface area contributed by atoms with Crippen molar-refractivity contribution < 1.29 is 18.7 Å². The Morgan fingerprint density at radius 3 is 2.72 bits per heavy atom. The van der Waals surface area contributed by atoms with E-state index in [-0.39, 0.29) is 18.3 Å². The maximum atomic E-state index is 12.6. The van der Waals surface area contributed by atoms with Crippen LogP contribution < -0.4 is 10.1 Å². The molecular weight excluding hydrogens is 424 g/mol. The molecule has 0 bridgehead atoms. The standard InChI is InChI=1S/C25H24N2O4S/c26-15-18-4-6-21(7-5-18)30-16-22-8-9-24(31-22)25(28)27-20-3-1-2-19(14-20)17-32-23-10-12-29-13-11-23/h1-9,14,23H,10-13,16-17H2,(H,27,28). The molecule has 1 N–H and O–H groups in total. The van der Waals surface area contributed by atoms with E-state index in [4.69, 9.17) is 19.2 Å². The molecule has 164 valence electrons. The molecule has 0 saturated carbocycles. The van der Waals surface area contributed by atoms with Crippen LogP contribution in [0.4, 0.5) is 5.69 Å². The zero-order valence-corrected chi connectivity index (χ0v) is 18.4. The van der Waals surface area contributed by atoms with Gasteiger partial charge in [-0.25, -0.2) is 0 Å². The number of hydrogen-bond acceptors (Lipinski definition) is 6. The maximum Gasteiger partial charge on any atom is 0.291 e. The quantitative estimate of drug-likeness (QED) is 0.497. The summed E-state index contributed by atoms with van der Waals surface area (Å²) >= 11 is 1.94. The third-order valence-electron chi connectivity index (χ3n) is 5.09. The summed E-state index contributed by atoms with van der Waals surface area (Å²) in [7, 11) is 0. The van der Waals surface area contributed by atoms with Gasteiger partial charge in [-0.05, 0) is 66.9 Å². The third kappa shape index (κ3) is 6.16. The number of benzene rings is 2. The number of carbonyl (C=O) groups excluding carboxylic acids is 1. The Morgan fingerprint density at radius 2 is 1.94 bits per heavy atom. The topological polar surface area (TPSA) is 84.5 Å². The molecule has 0 spiro atoms. The number of nitrogens with zero attached hydrogens (tertiary/aromatic N) is 1. The lowest BCUT2D eigenvalue weighted by Gasteiger charge is -2.21. The lowest BCUT2D eigenvalue weighted by molar-refractivity contribution is 0.0991. The number of amides is 1. The van der Waals surface area contributed by atoms with Crippen LogP contribution in [-0.2, 0) is 17.1 Å². The summed E-state index contributed by atoms with van der Waals surface area (Å²) in [5.41, 5.74) is 2.49. The van der Waals surface area contributed by atoms with Gasteiger partial charge in [0.1, 0.15) is 18.1 Å². The van der Waals surface area contributed by atoms with Crippen molar-refractivity contribution in [2.45, 2.75) is 30.5 Å². The van der Waals surface area contributed by atoms with E-state index in [1.165, 1.54) is 5.56 Å². The highest BCUT2D eigenvalue weighted by atomic mass is 32.2. The summed E-state index contributed by atoms with van der Waals surface area (Å²) in [6.07, 6.45) is 2.19. The second kappa shape index (κ2) is 10.9. The van der Waals surface area contributed by atoms with Crippen molar-refractivity contribution in [2.75, 3.05) is 18.5 Å². The Balaban J connectivity index is 1.29. The number of nitriles is 1. The van der Waals surface area contributed by atoms with Crippen molar-refractivity contribution in [1.29, 1.82) is 5.26 Å². The number of nitrogens with one attached hydrogen (secondary N) is 1. The van der Waals surface area contributed by atoms with Gasteiger partial charge >= 0.3 is 0 Å². The normalized spacial score (nSPS) is 14.0. The first kappa shape index (κ1) is 22.0. The van der Waals surface area contributed by atoms with Gasteiger partial charge in [-0.3, -0.25) is 4.79 Å². The lowest BCUT2D eigenvalue weighted by atomic mass is 10.2. The predicted octanol–water partition coefficient (Wildman–Crippen LogP) is 5.39. The minimum atomic E-state index is -0.302. The van der Waals surface area contributed by atoms with Gasteiger partial charge in [0.05, 0.1) is 11.6 Å². The molecule has 0 atom stereocenters. The van der Waals surface area contributed by atoms with Gasteiger partial charge in [-0.2, -0.15) is 17.0 Å². The first-order valence-corrected chi connectivity index (χ1v) is 11.6. The van der Waals surface area contributed by atoms with Crippen LogP contribution in [0.3, 0.4) is 0 Å². The largest absolute Gasteiger partial charge is 0.486 e. The molecule has 1 aromatic heterocycles. The molecular formula is C25H24N2O4S. The molecule has 7 heteroatoms. The zero-order chi connectivity index (χ0) is 22.2. The molecule has 0 aliphatic carbocycles. The summed E-state index contributed by atoms with van der Waals surface area (Å²) < 4.78 is 16.7. The Bertz CT molecular complexity index is 1080. The van der Waals surface area contributed by atoms with E-state index in [0.29, 0.717) is 22.3 Å². The number of thioether (sulfide) groups is 1. The second-order valence-electron chi connectivity index (χ2n) is 7.47. The Labute approximate surface area is 191 Å². The van der Waals surface area contributed by atoms with E-state index >= 15 is 0 Å². The first-order chi connectivity index (χ1) is 15.7. The van der Waals surface area contributed by atoms with Crippen molar-refractivity contribution in [1.82, 2.24) is 0 Å². The van der Waals surface area contributed by atoms with Crippen LogP contribution in [0.2, 0.25) is 0 Å². The maximum absolute atomic E-state index is 12.6. The van der Waals surface area contributed by atoms with Crippen LogP contribution in [0, 0.1) is 11.3 Å². The molecule has 4 rings (SSSR count). The molecule has 1 amide bonds. The Hall–Kier alpha value is -3.21. The molecule has 0 unspecified atom stereocenters. The highest BCUT2D eigenvalue weighted by molar-refractivity contribution is 7.99. The first-order valence-electron chi connectivity index (χ1n) is 10.5. The van der Waals surface area contributed by atoms with Crippen LogP contribution in [0.15, 0.2) is 65.1 Å². The molecule has 2 aromatic carbocycles. The minimum absolute atomic E-state index is 0.193. The SMILES string of the molecule is N#Cc1ccc(OCc2ccc(C(=O)Nc3cccc(CSC4CCOCC4)c3)o2)cc1. The predicted molar refractivity (Wildman–Crippen MR) is 124 cm³/mol. The third-order valence-corrected chi connectivity index (χ3v) is 6.53. The van der Waals surface area contributed by atoms with E-state index in [0.717, 1.165) is 37.5 Å². The van der Waals surface area contributed by atoms with Gasteiger partial charge in [-0.15, -0.1) is 0 Å². The molecule has 1 aliphatic rings. The molecule has 2 heterocycles. The van der Waals surface area contributed by atoms with E-state index in [2.05, 4.69) is 17.5 Å². The van der Waals surface area contributed by atoms with Crippen LogP contribution in [0.25, 0.3) is 0 Å². The second-order valence-corrected chi connectivity index (χ2v) is 8.76. The number of ether oxygens (including phenoxy) is 2. The summed E-state index contributed by atoms with van der Waals surface area (Å²) in [5, 5.41) is 12.4. The summed E-state index contributed by atoms with van der Waals surface area (Å²) in [6, 6.07) is 20.2. The van der Waals surface area contributed by atoms with Gasteiger partial charge in [0.15, 0.2) is 5.76 Å². The van der Waals surface area contributed by atoms with Gasteiger partial charge in [0.2, 0.25) is 0 Å². The van der Waals surface area contributed by atoms with Gasteiger partial charge < -0.3 is 19.2 Å². The minimum Gasteiger partial charge on any atom is -0.486 e. The van der Waals surface area contributed by atoms with Crippen molar-refractivity contribution in [3.63, 3.8) is 0 Å². The number of hydrogen-bond donors (Lipinski definition) is 1. The van der Waals surface area contributed by atoms with Crippen molar-refractivity contribution in [3.8, 4) is 11.8 Å². The summed E-state index contributed by atoms with van der Waals surface area (Å²) in [4.78, 5) is 12.6. The number of anilines is 1. The number of carbonyl (C=O) groups is 1. The fraction of sp³-hybridized carbons (Fsp3) is 0.280. The van der Waals surface area contributed by atoms with E-state index in [9.17, 15) is 4.79 Å². The molecule has 1 aliphatic heterocycles. The molecule has 3 aromatic rings. The number of rotatable bonds is 8. The van der Waals surface area contributed by atoms with E-state index < -0.39 is 0 Å². The lowest BCUT2D eigenvalue weighted by Crippen LogP contribution is -2.17. The Kier molecular flexibility index (Phi) is 7.49. The van der Waals surface area contributed by atoms with Crippen molar-refractivity contribution in [3.05, 3.63) is 83.3 Å². The smallest absolute Gasteiger partial charge is 0.291 e. The highest BCUT2D eigenvalue weighted by Gasteiger charge is 2.15. The molecule has 0 radical (unpaired) electrons. The van der Waals surface area contributed by atoms with E-state index in [1.54, 1.807) is 36.4 Å². The van der Waals surface area contributed by atoms with Crippen molar-refractivity contribution in [2.24, 2.45) is 0 Å². The number of furan rings is 1. The van der Waals surface area contributed by atoms with E-state index in [1.807, 2.05) is 30.0 Å². The molecule has 32 heavy (non-hydrogen) atoms. The average molecular weight is 449 g/mol. The fourth-order valence-electron chi connectivity index (χ4n) is 3.35. The summed E-state index contributed by atoms with van der Waals surface area (Å²) in [5.74, 6) is 2.00. The zero-order valence-electron chi connectivity index (χ0n) is 17.6. The van der Waals surface area contributed by atoms with Crippen molar-refractivity contribution >= 4 is 23.4 Å². The van der Waals surface area contributed by atoms with Crippen LogP contribution in [-0.4, -0.2) is 24.4 Å². The molecule has 1 saturated heterocycles. The van der Waals surface area contributed by atoms with Gasteiger partial charge in [0, 0.05) is 29.9 Å². The monoisotopic (exact) mass is 448 g/mol. The van der Waals surface area contributed by atoms with Crippen LogP contribution in [0.5, 0.6) is 5.75 Å². The molecule has 1 fully saturated rings. The Morgan fingerprint density at radius 1 is 1.12 bits per heavy atom. The summed E-state index contributed by atoms with van der Waals surface area (Å²) in [6.45, 7) is 1.88. The van der Waals surface area contributed by atoms with Gasteiger partial charge in [-0.1, -0.05) is 12.1 Å². The molecule has 6 nitrogen and oxygen atoms in total. The average Bonchev–Trinajstić information content (AvgIpc) is 3.32. The van der Waals surface area contributed by atoms with Gasteiger partial charge in [0.25, 0.3) is 5.91 Å². The fourth-order valence-corrected chi connectivity index (χ4v) is 4.48. The highest BCUT2D eigenvalue weighted by Crippen LogP contribution is 2.26. The van der Waals surface area contributed by atoms with Crippen LogP contribution in [0.1, 0.15) is 40.3 Å². The van der Waals surface area contributed by atoms with Crippen LogP contribution >= 0.6 is 11.8 Å².